The van der Waals surface area contributed by atoms with Gasteiger partial charge in [0.15, 0.2) is 0 Å². The number of H-pyrrole nitrogens is 1. The average molecular weight is 382 g/mol. The third-order valence-corrected chi connectivity index (χ3v) is 4.51. The molecule has 27 heavy (non-hydrogen) atoms. The molecule has 138 valence electrons. The van der Waals surface area contributed by atoms with Crippen LogP contribution in [0.2, 0.25) is 5.02 Å². The fourth-order valence-corrected chi connectivity index (χ4v) is 2.80. The Bertz CT molecular complexity index is 1040. The number of hydrogen-bond donors (Lipinski definition) is 3. The molecule has 6 nitrogen and oxygen atoms in total. The zero-order chi connectivity index (χ0) is 19.4. The van der Waals surface area contributed by atoms with Crippen LogP contribution in [0, 0.1) is 13.8 Å². The van der Waals surface area contributed by atoms with Gasteiger partial charge in [0, 0.05) is 22.7 Å². The van der Waals surface area contributed by atoms with Crippen LogP contribution in [0.15, 0.2) is 58.3 Å². The second-order valence-corrected chi connectivity index (χ2v) is 6.61. The molecule has 0 radical (unpaired) electrons. The Morgan fingerprint density at radius 3 is 2.63 bits per heavy atom. The molecule has 7 heteroatoms. The summed E-state index contributed by atoms with van der Waals surface area (Å²) < 4.78 is 0. The number of benzene rings is 2. The van der Waals surface area contributed by atoms with Crippen LogP contribution in [-0.4, -0.2) is 15.9 Å². The van der Waals surface area contributed by atoms with Crippen molar-refractivity contribution in [1.82, 2.24) is 9.97 Å². The normalized spacial score (nSPS) is 11.4. The summed E-state index contributed by atoms with van der Waals surface area (Å²) in [4.78, 5) is 23.6. The summed E-state index contributed by atoms with van der Waals surface area (Å²) in [5, 5.41) is 3.56. The van der Waals surface area contributed by atoms with Crippen LogP contribution in [-0.2, 0) is 6.42 Å². The first-order valence-corrected chi connectivity index (χ1v) is 8.81. The van der Waals surface area contributed by atoms with E-state index >= 15 is 0 Å². The summed E-state index contributed by atoms with van der Waals surface area (Å²) in [7, 11) is 0. The topological polar surface area (TPSA) is 96.2 Å². The number of nitrogens with zero attached hydrogens (tertiary/aromatic N) is 2. The highest BCUT2D eigenvalue weighted by atomic mass is 35.5. The van der Waals surface area contributed by atoms with Gasteiger partial charge in [-0.3, -0.25) is 9.78 Å². The van der Waals surface area contributed by atoms with Gasteiger partial charge in [-0.2, -0.15) is 4.99 Å². The van der Waals surface area contributed by atoms with E-state index in [0.717, 1.165) is 11.1 Å². The SMILES string of the molecule is Cc1ccc(NC(N)=Nc2nc(C)c(Cc3ccccc3)c(=O)[nH]2)cc1Cl. The molecule has 1 aromatic heterocycles. The maximum atomic E-state index is 12.4. The van der Waals surface area contributed by atoms with E-state index in [0.29, 0.717) is 28.4 Å². The second-order valence-electron chi connectivity index (χ2n) is 6.20. The van der Waals surface area contributed by atoms with E-state index in [-0.39, 0.29) is 17.5 Å². The molecule has 3 rings (SSSR count). The summed E-state index contributed by atoms with van der Waals surface area (Å²) in [5.74, 6) is 0.255. The van der Waals surface area contributed by atoms with Crippen molar-refractivity contribution in [2.75, 3.05) is 5.32 Å². The molecule has 1 heterocycles. The Kier molecular flexibility index (Phi) is 5.57. The van der Waals surface area contributed by atoms with Gasteiger partial charge in [0.25, 0.3) is 5.56 Å². The average Bonchev–Trinajstić information content (AvgIpc) is 2.62. The lowest BCUT2D eigenvalue weighted by Gasteiger charge is -2.08. The molecule has 0 bridgehead atoms. The number of anilines is 1. The lowest BCUT2D eigenvalue weighted by Crippen LogP contribution is -2.23. The molecular formula is C20H20ClN5O. The van der Waals surface area contributed by atoms with Crippen molar-refractivity contribution >= 4 is 29.2 Å². The maximum Gasteiger partial charge on any atom is 0.256 e. The number of rotatable bonds is 4. The fourth-order valence-electron chi connectivity index (χ4n) is 2.62. The van der Waals surface area contributed by atoms with Gasteiger partial charge in [-0.1, -0.05) is 48.0 Å². The van der Waals surface area contributed by atoms with Gasteiger partial charge in [0.2, 0.25) is 11.9 Å². The number of aromatic nitrogens is 2. The van der Waals surface area contributed by atoms with Crippen molar-refractivity contribution in [2.24, 2.45) is 10.7 Å². The highest BCUT2D eigenvalue weighted by molar-refractivity contribution is 6.31. The largest absolute Gasteiger partial charge is 0.369 e. The number of guanidine groups is 1. The third-order valence-electron chi connectivity index (χ3n) is 4.10. The molecule has 2 aromatic carbocycles. The third kappa shape index (κ3) is 4.74. The Morgan fingerprint density at radius 1 is 1.22 bits per heavy atom. The molecule has 0 amide bonds. The van der Waals surface area contributed by atoms with Crippen LogP contribution < -0.4 is 16.6 Å². The van der Waals surface area contributed by atoms with Crippen molar-refractivity contribution in [2.45, 2.75) is 20.3 Å². The van der Waals surface area contributed by atoms with E-state index in [9.17, 15) is 4.79 Å². The first-order chi connectivity index (χ1) is 12.9. The summed E-state index contributed by atoms with van der Waals surface area (Å²) in [6, 6.07) is 15.2. The van der Waals surface area contributed by atoms with E-state index in [1.54, 1.807) is 13.0 Å². The summed E-state index contributed by atoms with van der Waals surface area (Å²) in [5.41, 5.74) is 9.63. The monoisotopic (exact) mass is 381 g/mol. The highest BCUT2D eigenvalue weighted by Crippen LogP contribution is 2.20. The van der Waals surface area contributed by atoms with Gasteiger partial charge in [0.05, 0.1) is 5.69 Å². The number of nitrogens with one attached hydrogen (secondary N) is 2. The van der Waals surface area contributed by atoms with Gasteiger partial charge in [-0.25, -0.2) is 4.98 Å². The smallest absolute Gasteiger partial charge is 0.256 e. The number of aliphatic imine (C=N–C) groups is 1. The van der Waals surface area contributed by atoms with Crippen molar-refractivity contribution < 1.29 is 0 Å². The van der Waals surface area contributed by atoms with Crippen LogP contribution in [0.3, 0.4) is 0 Å². The summed E-state index contributed by atoms with van der Waals surface area (Å²) in [6.45, 7) is 3.70. The van der Waals surface area contributed by atoms with E-state index < -0.39 is 0 Å². The molecular weight excluding hydrogens is 362 g/mol. The van der Waals surface area contributed by atoms with E-state index in [1.165, 1.54) is 0 Å². The first-order valence-electron chi connectivity index (χ1n) is 8.43. The first kappa shape index (κ1) is 18.7. The quantitative estimate of drug-likeness (QED) is 0.474. The van der Waals surface area contributed by atoms with Gasteiger partial charge < -0.3 is 11.1 Å². The van der Waals surface area contributed by atoms with Crippen molar-refractivity contribution in [3.05, 3.63) is 86.3 Å². The summed E-state index contributed by atoms with van der Waals surface area (Å²) in [6.07, 6.45) is 0.509. The zero-order valence-corrected chi connectivity index (χ0v) is 15.8. The second kappa shape index (κ2) is 8.05. The van der Waals surface area contributed by atoms with Crippen molar-refractivity contribution in [3.63, 3.8) is 0 Å². The Morgan fingerprint density at radius 2 is 1.96 bits per heavy atom. The van der Waals surface area contributed by atoms with E-state index in [4.69, 9.17) is 17.3 Å². The van der Waals surface area contributed by atoms with Gasteiger partial charge in [0.1, 0.15) is 0 Å². The highest BCUT2D eigenvalue weighted by Gasteiger charge is 2.09. The molecule has 0 saturated carbocycles. The Labute approximate surface area is 162 Å². The van der Waals surface area contributed by atoms with Crippen LogP contribution in [0.4, 0.5) is 11.6 Å². The number of nitrogens with two attached hydrogens (primary N) is 1. The maximum absolute atomic E-state index is 12.4. The molecule has 0 aliphatic rings. The summed E-state index contributed by atoms with van der Waals surface area (Å²) >= 11 is 6.10. The Hall–Kier alpha value is -3.12. The minimum Gasteiger partial charge on any atom is -0.369 e. The number of aryl methyl sites for hydroxylation is 2. The predicted molar refractivity (Wildman–Crippen MR) is 110 cm³/mol. The predicted octanol–water partition coefficient (Wildman–Crippen LogP) is 3.69. The molecule has 4 N–H and O–H groups in total. The minimum atomic E-state index is -0.226. The molecule has 0 aliphatic heterocycles. The molecule has 3 aromatic rings. The van der Waals surface area contributed by atoms with Crippen LogP contribution in [0.25, 0.3) is 0 Å². The van der Waals surface area contributed by atoms with Crippen LogP contribution >= 0.6 is 11.6 Å². The lowest BCUT2D eigenvalue weighted by atomic mass is 10.1. The van der Waals surface area contributed by atoms with Crippen molar-refractivity contribution in [1.29, 1.82) is 0 Å². The number of hydrogen-bond acceptors (Lipinski definition) is 3. The van der Waals surface area contributed by atoms with Crippen LogP contribution in [0.1, 0.15) is 22.4 Å². The molecule has 0 fully saturated rings. The molecule has 0 aliphatic carbocycles. The van der Waals surface area contributed by atoms with E-state index in [2.05, 4.69) is 20.3 Å². The zero-order valence-electron chi connectivity index (χ0n) is 15.1. The number of aromatic amines is 1. The van der Waals surface area contributed by atoms with E-state index in [1.807, 2.05) is 49.4 Å². The minimum absolute atomic E-state index is 0.105. The fraction of sp³-hybridized carbons (Fsp3) is 0.150. The standard InChI is InChI=1S/C20H20ClN5O/c1-12-8-9-15(11-17(12)21)24-19(22)26-20-23-13(2)16(18(27)25-20)10-14-6-4-3-5-7-14/h3-9,11H,10H2,1-2H3,(H4,22,23,24,25,26,27). The molecule has 0 saturated heterocycles. The molecule has 0 atom stereocenters. The van der Waals surface area contributed by atoms with Gasteiger partial charge in [-0.15, -0.1) is 0 Å². The van der Waals surface area contributed by atoms with Gasteiger partial charge in [-0.05, 0) is 37.1 Å². The molecule has 0 unspecified atom stereocenters. The van der Waals surface area contributed by atoms with Gasteiger partial charge >= 0.3 is 0 Å². The lowest BCUT2D eigenvalue weighted by molar-refractivity contribution is 0.973. The van der Waals surface area contributed by atoms with Crippen LogP contribution in [0.5, 0.6) is 0 Å². The number of halogens is 1. The van der Waals surface area contributed by atoms with Crippen molar-refractivity contribution in [3.8, 4) is 0 Å². The Balaban J connectivity index is 1.81. The molecule has 0 spiro atoms.